The molecular weight excluding hydrogens is 213 g/mol. The van der Waals surface area contributed by atoms with Crippen LogP contribution in [-0.2, 0) is 15.9 Å². The van der Waals surface area contributed by atoms with E-state index in [2.05, 4.69) is 27.8 Å². The summed E-state index contributed by atoms with van der Waals surface area (Å²) in [4.78, 5) is 3.55. The first-order valence-corrected chi connectivity index (χ1v) is 4.58. The molecule has 1 aromatic rings. The minimum absolute atomic E-state index is 0. The molecule has 64 valence electrons. The summed E-state index contributed by atoms with van der Waals surface area (Å²) in [5, 5.41) is 5.98. The zero-order valence-electron chi connectivity index (χ0n) is 5.22. The van der Waals surface area contributed by atoms with Gasteiger partial charge in [-0.25, -0.2) is 4.98 Å². The van der Waals surface area contributed by atoms with Crippen LogP contribution in [0.5, 0.6) is 0 Å². The third-order valence-corrected chi connectivity index (χ3v) is 1.65. The predicted octanol–water partition coefficient (Wildman–Crippen LogP) is -1.17. The van der Waals surface area contributed by atoms with E-state index in [1.165, 1.54) is 0 Å². The molecule has 0 fully saturated rings. The van der Waals surface area contributed by atoms with Crippen LogP contribution in [0.25, 0.3) is 0 Å². The van der Waals surface area contributed by atoms with Crippen molar-refractivity contribution >= 4 is 52.3 Å². The Balaban J connectivity index is 0.00000121. The Labute approximate surface area is 96.6 Å². The normalized spacial score (nSPS) is 10.8. The number of aromatic amines is 1. The summed E-state index contributed by atoms with van der Waals surface area (Å²) in [5.74, 6) is -0.596. The molecule has 0 atom stereocenters. The molecule has 0 spiro atoms. The SMILES string of the molecule is O=S(=O)(O)Cc1n[nH]c(S)n1.[NaH]. The number of thiol groups is 1. The van der Waals surface area contributed by atoms with Crippen LogP contribution in [0.1, 0.15) is 5.82 Å². The van der Waals surface area contributed by atoms with Gasteiger partial charge in [0.05, 0.1) is 0 Å². The molecule has 1 aromatic heterocycles. The number of hydrogen-bond donors (Lipinski definition) is 3. The molecule has 0 aliphatic heterocycles. The molecule has 0 aliphatic carbocycles. The van der Waals surface area contributed by atoms with Crippen molar-refractivity contribution in [3.63, 3.8) is 0 Å². The molecule has 0 bridgehead atoms. The fraction of sp³-hybridized carbons (Fsp3) is 0.333. The molecule has 9 heteroatoms. The van der Waals surface area contributed by atoms with E-state index in [1.54, 1.807) is 0 Å². The van der Waals surface area contributed by atoms with Crippen LogP contribution in [0, 0.1) is 0 Å². The summed E-state index contributed by atoms with van der Waals surface area (Å²) in [6, 6.07) is 0. The van der Waals surface area contributed by atoms with Crippen molar-refractivity contribution in [3.8, 4) is 0 Å². The number of aromatic nitrogens is 3. The first kappa shape index (κ1) is 12.4. The second-order valence-electron chi connectivity index (χ2n) is 1.80. The molecular formula is C3H6N3NaO3S2. The van der Waals surface area contributed by atoms with Crippen LogP contribution in [0.3, 0.4) is 0 Å². The van der Waals surface area contributed by atoms with Crippen molar-refractivity contribution in [1.29, 1.82) is 0 Å². The average molecular weight is 219 g/mol. The fourth-order valence-corrected chi connectivity index (χ4v) is 1.14. The van der Waals surface area contributed by atoms with E-state index in [0.29, 0.717) is 0 Å². The first-order chi connectivity index (χ1) is 4.97. The first-order valence-electron chi connectivity index (χ1n) is 2.53. The van der Waals surface area contributed by atoms with E-state index >= 15 is 0 Å². The Morgan fingerprint density at radius 3 is 2.50 bits per heavy atom. The van der Waals surface area contributed by atoms with Crippen LogP contribution in [0.4, 0.5) is 0 Å². The Hall–Kier alpha value is 0.400. The van der Waals surface area contributed by atoms with Gasteiger partial charge in [-0.1, -0.05) is 0 Å². The topological polar surface area (TPSA) is 95.9 Å². The quantitative estimate of drug-likeness (QED) is 0.331. The molecule has 0 aromatic carbocycles. The Bertz CT molecular complexity index is 347. The number of rotatable bonds is 2. The predicted molar refractivity (Wildman–Crippen MR) is 46.0 cm³/mol. The maximum absolute atomic E-state index is 10.2. The molecule has 0 aliphatic rings. The maximum atomic E-state index is 10.2. The van der Waals surface area contributed by atoms with Crippen molar-refractivity contribution in [3.05, 3.63) is 5.82 Å². The minimum atomic E-state index is -4.04. The average Bonchev–Trinajstić information content (AvgIpc) is 2.10. The molecule has 0 saturated carbocycles. The zero-order chi connectivity index (χ0) is 8.48. The molecule has 0 unspecified atom stereocenters. The molecule has 0 amide bonds. The number of hydrogen-bond acceptors (Lipinski definition) is 5. The van der Waals surface area contributed by atoms with Crippen molar-refractivity contribution in [2.24, 2.45) is 0 Å². The van der Waals surface area contributed by atoms with E-state index < -0.39 is 15.9 Å². The van der Waals surface area contributed by atoms with Crippen molar-refractivity contribution in [1.82, 2.24) is 15.2 Å². The number of nitrogens with zero attached hydrogens (tertiary/aromatic N) is 2. The second kappa shape index (κ2) is 4.58. The van der Waals surface area contributed by atoms with Gasteiger partial charge in [-0.05, 0) is 0 Å². The van der Waals surface area contributed by atoms with Crippen LogP contribution < -0.4 is 0 Å². The number of nitrogens with one attached hydrogen (secondary N) is 1. The summed E-state index contributed by atoms with van der Waals surface area (Å²) in [6.07, 6.45) is 0. The molecule has 0 radical (unpaired) electrons. The van der Waals surface area contributed by atoms with Crippen molar-refractivity contribution < 1.29 is 13.0 Å². The molecule has 0 saturated heterocycles. The Kier molecular flexibility index (Phi) is 4.74. The summed E-state index contributed by atoms with van der Waals surface area (Å²) in [5.41, 5.74) is 0. The van der Waals surface area contributed by atoms with Crippen molar-refractivity contribution in [2.45, 2.75) is 10.9 Å². The summed E-state index contributed by atoms with van der Waals surface area (Å²) < 4.78 is 28.8. The zero-order valence-corrected chi connectivity index (χ0v) is 6.93. The standard InChI is InChI=1S/C3H5N3O3S2.Na.H/c7-11(8,9)1-2-4-3(10)6-5-2;;/h1H2,(H,7,8,9)(H2,4,5,6,10);;. The molecule has 12 heavy (non-hydrogen) atoms. The Morgan fingerprint density at radius 1 is 1.58 bits per heavy atom. The van der Waals surface area contributed by atoms with Gasteiger partial charge in [-0.15, -0.1) is 12.6 Å². The van der Waals surface area contributed by atoms with E-state index in [1.807, 2.05) is 0 Å². The van der Waals surface area contributed by atoms with E-state index in [-0.39, 0.29) is 40.5 Å². The van der Waals surface area contributed by atoms with Gasteiger partial charge in [-0.2, -0.15) is 13.5 Å². The van der Waals surface area contributed by atoms with Gasteiger partial charge in [0.2, 0.25) is 0 Å². The molecule has 1 heterocycles. The number of H-pyrrole nitrogens is 1. The second-order valence-corrected chi connectivity index (χ2v) is 3.68. The monoisotopic (exact) mass is 219 g/mol. The Morgan fingerprint density at radius 2 is 2.17 bits per heavy atom. The summed E-state index contributed by atoms with van der Waals surface area (Å²) in [7, 11) is -4.04. The van der Waals surface area contributed by atoms with Crippen LogP contribution in [0.2, 0.25) is 0 Å². The van der Waals surface area contributed by atoms with E-state index in [4.69, 9.17) is 4.55 Å². The molecule has 6 nitrogen and oxygen atoms in total. The van der Waals surface area contributed by atoms with Gasteiger partial charge >= 0.3 is 29.6 Å². The van der Waals surface area contributed by atoms with Crippen LogP contribution >= 0.6 is 12.6 Å². The third kappa shape index (κ3) is 4.43. The molecule has 1 rings (SSSR count). The van der Waals surface area contributed by atoms with Gasteiger partial charge in [0, 0.05) is 0 Å². The van der Waals surface area contributed by atoms with E-state index in [9.17, 15) is 8.42 Å². The van der Waals surface area contributed by atoms with Gasteiger partial charge in [0.25, 0.3) is 10.1 Å². The molecule has 2 N–H and O–H groups in total. The summed E-state index contributed by atoms with van der Waals surface area (Å²) in [6.45, 7) is 0. The van der Waals surface area contributed by atoms with Gasteiger partial charge in [-0.3, -0.25) is 9.65 Å². The van der Waals surface area contributed by atoms with Gasteiger partial charge in [0.1, 0.15) is 5.75 Å². The van der Waals surface area contributed by atoms with Crippen LogP contribution in [-0.4, -0.2) is 57.7 Å². The van der Waals surface area contributed by atoms with Crippen molar-refractivity contribution in [2.75, 3.05) is 0 Å². The van der Waals surface area contributed by atoms with Gasteiger partial charge in [0.15, 0.2) is 11.0 Å². The van der Waals surface area contributed by atoms with Gasteiger partial charge < -0.3 is 0 Å². The third-order valence-electron chi connectivity index (χ3n) is 0.831. The summed E-state index contributed by atoms with van der Waals surface area (Å²) >= 11 is 3.75. The fourth-order valence-electron chi connectivity index (χ4n) is 0.514. The van der Waals surface area contributed by atoms with E-state index in [0.717, 1.165) is 0 Å². The van der Waals surface area contributed by atoms with Crippen LogP contribution in [0.15, 0.2) is 5.16 Å².